The molecule has 2 aromatic rings. The fraction of sp³-hybridized carbons (Fsp3) is 0.357. The van der Waals surface area contributed by atoms with Crippen LogP contribution >= 0.6 is 22.6 Å². The number of fused-ring (bicyclic) bond motifs is 1. The molecule has 2 heteroatoms. The fourth-order valence-electron chi connectivity index (χ4n) is 2.25. The normalized spacial score (nSPS) is 11.0. The largest absolute Gasteiger partial charge is 0.253 e. The van der Waals surface area contributed by atoms with E-state index < -0.39 is 0 Å². The summed E-state index contributed by atoms with van der Waals surface area (Å²) in [5.41, 5.74) is 5.21. The third-order valence-corrected chi connectivity index (χ3v) is 3.78. The van der Waals surface area contributed by atoms with E-state index in [4.69, 9.17) is 4.98 Å². The van der Waals surface area contributed by atoms with E-state index in [9.17, 15) is 0 Å². The van der Waals surface area contributed by atoms with Crippen LogP contribution in [0.5, 0.6) is 0 Å². The fourth-order valence-corrected chi connectivity index (χ4v) is 2.74. The summed E-state index contributed by atoms with van der Waals surface area (Å²) in [6.45, 7) is 6.60. The van der Waals surface area contributed by atoms with E-state index >= 15 is 0 Å². The van der Waals surface area contributed by atoms with Crippen molar-refractivity contribution >= 4 is 33.5 Å². The molecule has 84 valence electrons. The van der Waals surface area contributed by atoms with Crippen molar-refractivity contribution < 1.29 is 0 Å². The number of halogens is 1. The summed E-state index contributed by atoms with van der Waals surface area (Å²) in [6.07, 6.45) is 2.10. The highest BCUT2D eigenvalue weighted by molar-refractivity contribution is 14.1. The Bertz CT molecular complexity index is 532. The van der Waals surface area contributed by atoms with Gasteiger partial charge in [0.05, 0.1) is 5.52 Å². The number of aryl methyl sites for hydroxylation is 2. The highest BCUT2D eigenvalue weighted by Gasteiger charge is 2.09. The summed E-state index contributed by atoms with van der Waals surface area (Å²) in [7, 11) is 0. The zero-order chi connectivity index (χ0) is 11.7. The second-order valence-corrected chi connectivity index (χ2v) is 5.28. The molecule has 16 heavy (non-hydrogen) atoms. The third-order valence-electron chi connectivity index (χ3n) is 3.11. The minimum atomic E-state index is 1.01. The summed E-state index contributed by atoms with van der Waals surface area (Å²) in [4.78, 5) is 4.74. The van der Waals surface area contributed by atoms with Crippen molar-refractivity contribution in [1.29, 1.82) is 0 Å². The summed E-state index contributed by atoms with van der Waals surface area (Å²) in [5, 5.41) is 1.32. The Balaban J connectivity index is 2.84. The van der Waals surface area contributed by atoms with E-state index in [1.54, 1.807) is 0 Å². The van der Waals surface area contributed by atoms with Crippen LogP contribution in [0.15, 0.2) is 18.2 Å². The Hall–Kier alpha value is -0.640. The number of pyridine rings is 1. The Kier molecular flexibility index (Phi) is 3.47. The first kappa shape index (κ1) is 11.8. The molecule has 1 aromatic carbocycles. The Morgan fingerprint density at radius 1 is 1.19 bits per heavy atom. The van der Waals surface area contributed by atoms with Crippen molar-refractivity contribution in [2.45, 2.75) is 33.6 Å². The zero-order valence-corrected chi connectivity index (χ0v) is 12.1. The maximum atomic E-state index is 4.74. The van der Waals surface area contributed by atoms with Crippen molar-refractivity contribution in [3.05, 3.63) is 38.6 Å². The van der Waals surface area contributed by atoms with Crippen LogP contribution in [0.4, 0.5) is 0 Å². The van der Waals surface area contributed by atoms with Crippen LogP contribution in [0.2, 0.25) is 0 Å². The Labute approximate surface area is 110 Å². The number of rotatable bonds is 2. The molecule has 2 rings (SSSR count). The minimum absolute atomic E-state index is 1.01. The molecule has 1 nitrogen and oxygen atoms in total. The maximum Gasteiger partial charge on any atom is 0.0709 e. The van der Waals surface area contributed by atoms with Crippen LogP contribution in [0.1, 0.15) is 30.7 Å². The second kappa shape index (κ2) is 4.70. The summed E-state index contributed by atoms with van der Waals surface area (Å²) in [5.74, 6) is 0. The Morgan fingerprint density at radius 2 is 1.94 bits per heavy atom. The smallest absolute Gasteiger partial charge is 0.0709 e. The maximum absolute atomic E-state index is 4.74. The molecular formula is C14H16IN. The van der Waals surface area contributed by atoms with Gasteiger partial charge in [-0.2, -0.15) is 0 Å². The molecule has 0 aliphatic carbocycles. The minimum Gasteiger partial charge on any atom is -0.253 e. The lowest BCUT2D eigenvalue weighted by Gasteiger charge is -2.12. The molecule has 1 aromatic heterocycles. The molecule has 0 aliphatic rings. The number of hydrogen-bond acceptors (Lipinski definition) is 1. The van der Waals surface area contributed by atoms with Gasteiger partial charge in [0.2, 0.25) is 0 Å². The summed E-state index contributed by atoms with van der Waals surface area (Å²) in [6, 6.07) is 6.51. The van der Waals surface area contributed by atoms with Gasteiger partial charge in [-0.1, -0.05) is 13.8 Å². The predicted octanol–water partition coefficient (Wildman–Crippen LogP) is 4.27. The molecule has 0 bridgehead atoms. The van der Waals surface area contributed by atoms with Gasteiger partial charge < -0.3 is 0 Å². The van der Waals surface area contributed by atoms with Gasteiger partial charge in [-0.3, -0.25) is 4.98 Å². The molecule has 0 unspecified atom stereocenters. The van der Waals surface area contributed by atoms with Gasteiger partial charge in [-0.05, 0) is 71.7 Å². The average Bonchev–Trinajstić information content (AvgIpc) is 2.28. The van der Waals surface area contributed by atoms with Crippen LogP contribution in [0, 0.1) is 10.5 Å². The molecule has 0 spiro atoms. The van der Waals surface area contributed by atoms with Gasteiger partial charge in [0.15, 0.2) is 0 Å². The summed E-state index contributed by atoms with van der Waals surface area (Å²) < 4.78 is 1.28. The lowest BCUT2D eigenvalue weighted by molar-refractivity contribution is 0.997. The van der Waals surface area contributed by atoms with Crippen molar-refractivity contribution in [3.8, 4) is 0 Å². The van der Waals surface area contributed by atoms with Crippen molar-refractivity contribution in [2.24, 2.45) is 0 Å². The van der Waals surface area contributed by atoms with Crippen LogP contribution in [-0.4, -0.2) is 4.98 Å². The molecule has 0 aliphatic heterocycles. The highest BCUT2D eigenvalue weighted by Crippen LogP contribution is 2.25. The van der Waals surface area contributed by atoms with Crippen molar-refractivity contribution in [2.75, 3.05) is 0 Å². The predicted molar refractivity (Wildman–Crippen MR) is 78.0 cm³/mol. The van der Waals surface area contributed by atoms with E-state index in [-0.39, 0.29) is 0 Å². The lowest BCUT2D eigenvalue weighted by atomic mass is 9.98. The van der Waals surface area contributed by atoms with Gasteiger partial charge in [-0.15, -0.1) is 0 Å². The molecule has 0 saturated heterocycles. The topological polar surface area (TPSA) is 12.9 Å². The SMILES string of the molecule is CCc1nc2ccc(I)cc2c(CC)c1C. The van der Waals surface area contributed by atoms with Crippen LogP contribution < -0.4 is 0 Å². The first-order valence-corrected chi connectivity index (χ1v) is 6.82. The molecule has 0 radical (unpaired) electrons. The monoisotopic (exact) mass is 325 g/mol. The number of benzene rings is 1. The van der Waals surface area contributed by atoms with E-state index in [1.807, 2.05) is 0 Å². The number of hydrogen-bond donors (Lipinski definition) is 0. The van der Waals surface area contributed by atoms with Crippen LogP contribution in [0.3, 0.4) is 0 Å². The third kappa shape index (κ3) is 1.95. The van der Waals surface area contributed by atoms with Gasteiger partial charge in [0, 0.05) is 14.7 Å². The molecule has 0 atom stereocenters. The first-order chi connectivity index (χ1) is 7.67. The zero-order valence-electron chi connectivity index (χ0n) is 9.97. The molecule has 0 N–H and O–H groups in total. The van der Waals surface area contributed by atoms with E-state index in [0.717, 1.165) is 18.4 Å². The lowest BCUT2D eigenvalue weighted by Crippen LogP contribution is -1.99. The van der Waals surface area contributed by atoms with Crippen LogP contribution in [-0.2, 0) is 12.8 Å². The molecular weight excluding hydrogens is 309 g/mol. The second-order valence-electron chi connectivity index (χ2n) is 4.03. The van der Waals surface area contributed by atoms with E-state index in [1.165, 1.54) is 25.8 Å². The van der Waals surface area contributed by atoms with Crippen molar-refractivity contribution in [3.63, 3.8) is 0 Å². The van der Waals surface area contributed by atoms with Crippen LogP contribution in [0.25, 0.3) is 10.9 Å². The van der Waals surface area contributed by atoms with Crippen molar-refractivity contribution in [1.82, 2.24) is 4.98 Å². The molecule has 0 fully saturated rings. The van der Waals surface area contributed by atoms with E-state index in [0.29, 0.717) is 0 Å². The van der Waals surface area contributed by atoms with E-state index in [2.05, 4.69) is 61.6 Å². The van der Waals surface area contributed by atoms with Gasteiger partial charge >= 0.3 is 0 Å². The Morgan fingerprint density at radius 3 is 2.56 bits per heavy atom. The highest BCUT2D eigenvalue weighted by atomic mass is 127. The molecule has 0 amide bonds. The van der Waals surface area contributed by atoms with Gasteiger partial charge in [0.25, 0.3) is 0 Å². The first-order valence-electron chi connectivity index (χ1n) is 5.75. The number of nitrogens with zero attached hydrogens (tertiary/aromatic N) is 1. The summed E-state index contributed by atoms with van der Waals surface area (Å²) >= 11 is 2.36. The quantitative estimate of drug-likeness (QED) is 0.752. The van der Waals surface area contributed by atoms with Gasteiger partial charge in [-0.25, -0.2) is 0 Å². The average molecular weight is 325 g/mol. The molecule has 0 saturated carbocycles. The number of aromatic nitrogens is 1. The standard InChI is InChI=1S/C14H16IN/c1-4-11-9(3)13(5-2)16-14-7-6-10(15)8-12(11)14/h6-8H,4-5H2,1-3H3. The molecule has 1 heterocycles. The van der Waals surface area contributed by atoms with Gasteiger partial charge in [0.1, 0.15) is 0 Å².